The summed E-state index contributed by atoms with van der Waals surface area (Å²) in [7, 11) is 0. The van der Waals surface area contributed by atoms with E-state index >= 15 is 0 Å². The first-order chi connectivity index (χ1) is 20.9. The predicted molar refractivity (Wildman–Crippen MR) is 185 cm³/mol. The molecule has 218 valence electrons. The molecule has 0 unspecified atom stereocenters. The van der Waals surface area contributed by atoms with E-state index in [0.717, 1.165) is 44.6 Å². The van der Waals surface area contributed by atoms with Gasteiger partial charge in [0.2, 0.25) is 0 Å². The van der Waals surface area contributed by atoms with Crippen LogP contribution < -0.4 is 10.9 Å². The largest absolute Gasteiger partial charge is 0.309 e. The second-order valence-corrected chi connectivity index (χ2v) is 13.9. The van der Waals surface area contributed by atoms with Crippen LogP contribution in [-0.2, 0) is 10.8 Å². The molecule has 0 saturated heterocycles. The standard InChI is InChI=1S/C40H36N2O2/c1-39(2,3)25-17-19-29-33(21-25)41(27-13-9-7-10-14-27)35-23-32-36(24-31(35)37(29)43)42(28-15-11-8-12-16-28)34-22-26(40(4,5)6)18-20-30(34)38(32)44/h7-24H,1-6H3. The Kier molecular flexibility index (Phi) is 6.19. The lowest BCUT2D eigenvalue weighted by atomic mass is 9.86. The van der Waals surface area contributed by atoms with E-state index < -0.39 is 0 Å². The molecule has 5 aromatic carbocycles. The minimum atomic E-state index is -0.0989. The van der Waals surface area contributed by atoms with Gasteiger partial charge in [-0.3, -0.25) is 9.59 Å². The Hall–Kier alpha value is -4.96. The van der Waals surface area contributed by atoms with Crippen LogP contribution in [0.1, 0.15) is 52.7 Å². The fraction of sp³-hybridized carbons (Fsp3) is 0.200. The summed E-state index contributed by atoms with van der Waals surface area (Å²) in [6.07, 6.45) is 0. The minimum Gasteiger partial charge on any atom is -0.309 e. The molecule has 0 fully saturated rings. The van der Waals surface area contributed by atoms with Gasteiger partial charge in [-0.1, -0.05) is 90.1 Å². The molecule has 2 aromatic heterocycles. The molecule has 0 saturated carbocycles. The smallest absolute Gasteiger partial charge is 0.197 e. The Morgan fingerprint density at radius 1 is 0.409 bits per heavy atom. The van der Waals surface area contributed by atoms with Gasteiger partial charge < -0.3 is 9.13 Å². The normalized spacial score (nSPS) is 12.5. The zero-order valence-corrected chi connectivity index (χ0v) is 26.1. The molecule has 0 radical (unpaired) electrons. The molecule has 0 atom stereocenters. The number of benzene rings is 5. The molecule has 0 N–H and O–H groups in total. The number of para-hydroxylation sites is 2. The van der Waals surface area contributed by atoms with Gasteiger partial charge >= 0.3 is 0 Å². The van der Waals surface area contributed by atoms with Crippen molar-refractivity contribution in [3.63, 3.8) is 0 Å². The van der Waals surface area contributed by atoms with Crippen molar-refractivity contribution in [1.82, 2.24) is 9.13 Å². The van der Waals surface area contributed by atoms with Crippen molar-refractivity contribution in [2.75, 3.05) is 0 Å². The van der Waals surface area contributed by atoms with E-state index in [-0.39, 0.29) is 21.7 Å². The van der Waals surface area contributed by atoms with E-state index in [9.17, 15) is 9.59 Å². The number of pyridine rings is 2. The van der Waals surface area contributed by atoms with E-state index in [1.807, 2.05) is 84.9 Å². The molecule has 0 aliphatic rings. The monoisotopic (exact) mass is 576 g/mol. The second-order valence-electron chi connectivity index (χ2n) is 13.9. The highest BCUT2D eigenvalue weighted by atomic mass is 16.1. The molecular formula is C40H36N2O2. The number of rotatable bonds is 2. The maximum atomic E-state index is 14.4. The van der Waals surface area contributed by atoms with Crippen LogP contribution in [0, 0.1) is 0 Å². The van der Waals surface area contributed by atoms with Crippen molar-refractivity contribution in [3.05, 3.63) is 141 Å². The number of hydrogen-bond acceptors (Lipinski definition) is 2. The van der Waals surface area contributed by atoms with Crippen molar-refractivity contribution >= 4 is 43.6 Å². The van der Waals surface area contributed by atoms with Crippen LogP contribution in [0.2, 0.25) is 0 Å². The summed E-state index contributed by atoms with van der Waals surface area (Å²) in [6.45, 7) is 13.1. The van der Waals surface area contributed by atoms with Crippen molar-refractivity contribution < 1.29 is 0 Å². The Bertz CT molecular complexity index is 2200. The quantitative estimate of drug-likeness (QED) is 0.193. The SMILES string of the molecule is CC(C)(C)c1ccc2c(=O)c3cc4c(cc3n(-c3ccccc3)c2c1)c(=O)c1ccc(C(C)(C)C)cc1n4-c1ccccc1. The molecule has 7 rings (SSSR count). The Morgan fingerprint density at radius 3 is 1.09 bits per heavy atom. The lowest BCUT2D eigenvalue weighted by Crippen LogP contribution is -2.17. The molecule has 2 heterocycles. The zero-order chi connectivity index (χ0) is 31.0. The number of aromatic nitrogens is 2. The molecule has 0 spiro atoms. The van der Waals surface area contributed by atoms with Crippen LogP contribution in [0.4, 0.5) is 0 Å². The highest BCUT2D eigenvalue weighted by molar-refractivity contribution is 6.05. The molecule has 0 aliphatic heterocycles. The average Bonchev–Trinajstić information content (AvgIpc) is 3.00. The van der Waals surface area contributed by atoms with Crippen LogP contribution >= 0.6 is 0 Å². The summed E-state index contributed by atoms with van der Waals surface area (Å²) >= 11 is 0. The summed E-state index contributed by atoms with van der Waals surface area (Å²) in [5.41, 5.74) is 6.97. The summed E-state index contributed by atoms with van der Waals surface area (Å²) in [5, 5.41) is 2.46. The third-order valence-corrected chi connectivity index (χ3v) is 8.81. The third-order valence-electron chi connectivity index (χ3n) is 8.81. The first kappa shape index (κ1) is 27.8. The molecule has 0 amide bonds. The van der Waals surface area contributed by atoms with E-state index in [4.69, 9.17) is 0 Å². The maximum absolute atomic E-state index is 14.4. The lowest BCUT2D eigenvalue weighted by molar-refractivity contribution is 0.590. The Balaban J connectivity index is 1.73. The fourth-order valence-corrected chi connectivity index (χ4v) is 6.32. The van der Waals surface area contributed by atoms with Crippen molar-refractivity contribution in [2.24, 2.45) is 0 Å². The Morgan fingerprint density at radius 2 is 0.750 bits per heavy atom. The van der Waals surface area contributed by atoms with Gasteiger partial charge in [0.1, 0.15) is 0 Å². The first-order valence-corrected chi connectivity index (χ1v) is 15.2. The van der Waals surface area contributed by atoms with E-state index in [2.05, 4.69) is 74.9 Å². The van der Waals surface area contributed by atoms with Gasteiger partial charge in [0.15, 0.2) is 10.9 Å². The van der Waals surface area contributed by atoms with Gasteiger partial charge in [0.05, 0.1) is 22.1 Å². The van der Waals surface area contributed by atoms with Crippen LogP contribution in [0.5, 0.6) is 0 Å². The molecular weight excluding hydrogens is 540 g/mol. The molecule has 44 heavy (non-hydrogen) atoms. The van der Waals surface area contributed by atoms with E-state index in [0.29, 0.717) is 21.5 Å². The van der Waals surface area contributed by atoms with E-state index in [1.54, 1.807) is 0 Å². The van der Waals surface area contributed by atoms with Gasteiger partial charge in [0.25, 0.3) is 0 Å². The number of hydrogen-bond donors (Lipinski definition) is 0. The summed E-state index contributed by atoms with van der Waals surface area (Å²) < 4.78 is 4.28. The third kappa shape index (κ3) is 4.36. The first-order valence-electron chi connectivity index (χ1n) is 15.2. The van der Waals surface area contributed by atoms with Crippen LogP contribution in [-0.4, -0.2) is 9.13 Å². The van der Waals surface area contributed by atoms with Gasteiger partial charge in [-0.25, -0.2) is 0 Å². The molecule has 0 aliphatic carbocycles. The topological polar surface area (TPSA) is 44.0 Å². The highest BCUT2D eigenvalue weighted by Gasteiger charge is 2.22. The van der Waals surface area contributed by atoms with Crippen molar-refractivity contribution in [3.8, 4) is 11.4 Å². The van der Waals surface area contributed by atoms with Crippen molar-refractivity contribution in [1.29, 1.82) is 0 Å². The molecule has 0 bridgehead atoms. The van der Waals surface area contributed by atoms with E-state index in [1.165, 1.54) is 0 Å². The number of fused-ring (bicyclic) bond motifs is 4. The van der Waals surface area contributed by atoms with Crippen LogP contribution in [0.25, 0.3) is 55.0 Å². The van der Waals surface area contributed by atoms with Gasteiger partial charge in [-0.05, 0) is 82.6 Å². The average molecular weight is 577 g/mol. The van der Waals surface area contributed by atoms with Crippen molar-refractivity contribution in [2.45, 2.75) is 52.4 Å². The molecule has 4 heteroatoms. The second kappa shape index (κ2) is 9.78. The highest BCUT2D eigenvalue weighted by Crippen LogP contribution is 2.34. The van der Waals surface area contributed by atoms with Crippen LogP contribution in [0.15, 0.2) is 119 Å². The summed E-state index contributed by atoms with van der Waals surface area (Å²) in [4.78, 5) is 28.7. The minimum absolute atomic E-state index is 0.0415. The van der Waals surface area contributed by atoms with Crippen LogP contribution in [0.3, 0.4) is 0 Å². The van der Waals surface area contributed by atoms with Gasteiger partial charge in [-0.15, -0.1) is 0 Å². The predicted octanol–water partition coefficient (Wildman–Crippen LogP) is 9.20. The lowest BCUT2D eigenvalue weighted by Gasteiger charge is -2.23. The number of nitrogens with zero attached hydrogens (tertiary/aromatic N) is 2. The zero-order valence-electron chi connectivity index (χ0n) is 26.1. The summed E-state index contributed by atoms with van der Waals surface area (Å²) in [6, 6.07) is 36.4. The van der Waals surface area contributed by atoms with Gasteiger partial charge in [0, 0.05) is 32.9 Å². The molecule has 7 aromatic rings. The van der Waals surface area contributed by atoms with Gasteiger partial charge in [-0.2, -0.15) is 0 Å². The molecule has 4 nitrogen and oxygen atoms in total. The maximum Gasteiger partial charge on any atom is 0.197 e. The fourth-order valence-electron chi connectivity index (χ4n) is 6.32. The Labute approximate surface area is 256 Å². The summed E-state index contributed by atoms with van der Waals surface area (Å²) in [5.74, 6) is 0.